The highest BCUT2D eigenvalue weighted by molar-refractivity contribution is 7.99. The zero-order valence-corrected chi connectivity index (χ0v) is 18.0. The van der Waals surface area contributed by atoms with E-state index in [2.05, 4.69) is 31.9 Å². The number of thioether (sulfide) groups is 1. The van der Waals surface area contributed by atoms with Gasteiger partial charge in [-0.05, 0) is 55.9 Å². The zero-order chi connectivity index (χ0) is 20.9. The first-order valence-corrected chi connectivity index (χ1v) is 11.5. The molecule has 0 bridgehead atoms. The second-order valence-electron chi connectivity index (χ2n) is 8.04. The Hall–Kier alpha value is -2.13. The third-order valence-electron chi connectivity index (χ3n) is 5.63. The van der Waals surface area contributed by atoms with E-state index in [4.69, 9.17) is 4.74 Å². The van der Waals surface area contributed by atoms with Crippen molar-refractivity contribution < 1.29 is 13.9 Å². The molecule has 0 unspecified atom stereocenters. The molecule has 7 nitrogen and oxygen atoms in total. The fourth-order valence-corrected chi connectivity index (χ4v) is 4.59. The van der Waals surface area contributed by atoms with Crippen LogP contribution >= 0.6 is 11.8 Å². The van der Waals surface area contributed by atoms with Crippen LogP contribution in [0.5, 0.6) is 0 Å². The molecule has 0 radical (unpaired) electrons. The van der Waals surface area contributed by atoms with Crippen LogP contribution in [0.3, 0.4) is 0 Å². The Kier molecular flexibility index (Phi) is 6.89. The topological polar surface area (TPSA) is 72.3 Å². The molecule has 2 aliphatic rings. The second kappa shape index (κ2) is 9.78. The van der Waals surface area contributed by atoms with Crippen LogP contribution in [-0.4, -0.2) is 52.2 Å². The second-order valence-corrected chi connectivity index (χ2v) is 8.98. The third kappa shape index (κ3) is 5.31. The van der Waals surface area contributed by atoms with E-state index in [1.54, 1.807) is 12.1 Å². The number of hydrogen-bond acceptors (Lipinski definition) is 6. The normalized spacial score (nSPS) is 19.9. The minimum atomic E-state index is -0.329. The maximum Gasteiger partial charge on any atom is 0.234 e. The lowest BCUT2D eigenvalue weighted by Crippen LogP contribution is -2.35. The van der Waals surface area contributed by atoms with Crippen molar-refractivity contribution in [2.75, 3.05) is 35.7 Å². The average Bonchev–Trinajstić information content (AvgIpc) is 3.39. The van der Waals surface area contributed by atoms with Crippen LogP contribution in [0, 0.1) is 11.7 Å². The minimum absolute atomic E-state index is 0.161. The molecular weight excluding hydrogens is 405 g/mol. The summed E-state index contributed by atoms with van der Waals surface area (Å²) < 4.78 is 21.0. The number of hydrogen-bond donors (Lipinski definition) is 1. The SMILES string of the molecule is CC1CCN(c2nnc(SCC(=O)Nc3ccc(F)cc3)n2C[C@@H]2CCCO2)CC1. The summed E-state index contributed by atoms with van der Waals surface area (Å²) in [6.45, 7) is 5.73. The van der Waals surface area contributed by atoms with Crippen molar-refractivity contribution in [2.45, 2.75) is 50.4 Å². The first kappa shape index (κ1) is 21.1. The van der Waals surface area contributed by atoms with Gasteiger partial charge in [-0.2, -0.15) is 0 Å². The van der Waals surface area contributed by atoms with Crippen LogP contribution in [-0.2, 0) is 16.1 Å². The molecular formula is C21H28FN5O2S. The lowest BCUT2D eigenvalue weighted by atomic mass is 10.00. The van der Waals surface area contributed by atoms with Gasteiger partial charge in [0.1, 0.15) is 5.82 Å². The number of carbonyl (C=O) groups excluding carboxylic acids is 1. The van der Waals surface area contributed by atoms with Gasteiger partial charge in [-0.15, -0.1) is 10.2 Å². The van der Waals surface area contributed by atoms with Crippen LogP contribution in [0.2, 0.25) is 0 Å². The average molecular weight is 434 g/mol. The number of anilines is 2. The number of carbonyl (C=O) groups is 1. The monoisotopic (exact) mass is 433 g/mol. The highest BCUT2D eigenvalue weighted by atomic mass is 32.2. The van der Waals surface area contributed by atoms with Crippen LogP contribution in [0.25, 0.3) is 0 Å². The van der Waals surface area contributed by atoms with Crippen LogP contribution in [0.4, 0.5) is 16.0 Å². The van der Waals surface area contributed by atoms with E-state index < -0.39 is 0 Å². The first-order valence-electron chi connectivity index (χ1n) is 10.6. The molecule has 30 heavy (non-hydrogen) atoms. The third-order valence-corrected chi connectivity index (χ3v) is 6.60. The molecule has 2 aliphatic heterocycles. The maximum atomic E-state index is 13.0. The first-order chi connectivity index (χ1) is 14.6. The Morgan fingerprint density at radius 1 is 1.23 bits per heavy atom. The Labute approximate surface area is 180 Å². The van der Waals surface area contributed by atoms with E-state index in [1.165, 1.54) is 23.9 Å². The van der Waals surface area contributed by atoms with Gasteiger partial charge < -0.3 is 15.0 Å². The summed E-state index contributed by atoms with van der Waals surface area (Å²) >= 11 is 1.37. The van der Waals surface area contributed by atoms with Gasteiger partial charge in [0.05, 0.1) is 18.4 Å². The number of aromatic nitrogens is 3. The Bertz CT molecular complexity index is 846. The summed E-state index contributed by atoms with van der Waals surface area (Å²) in [5, 5.41) is 12.4. The van der Waals surface area contributed by atoms with Crippen LogP contribution in [0.15, 0.2) is 29.4 Å². The largest absolute Gasteiger partial charge is 0.376 e. The van der Waals surface area contributed by atoms with E-state index in [-0.39, 0.29) is 23.6 Å². The lowest BCUT2D eigenvalue weighted by Gasteiger charge is -2.31. The van der Waals surface area contributed by atoms with Crippen molar-refractivity contribution >= 4 is 29.3 Å². The fraction of sp³-hybridized carbons (Fsp3) is 0.571. The summed E-state index contributed by atoms with van der Waals surface area (Å²) in [6.07, 6.45) is 4.57. The molecule has 9 heteroatoms. The number of nitrogens with zero attached hydrogens (tertiary/aromatic N) is 4. The van der Waals surface area contributed by atoms with E-state index in [9.17, 15) is 9.18 Å². The van der Waals surface area contributed by atoms with E-state index in [1.807, 2.05) is 0 Å². The summed E-state index contributed by atoms with van der Waals surface area (Å²) in [7, 11) is 0. The summed E-state index contributed by atoms with van der Waals surface area (Å²) in [5.41, 5.74) is 0.575. The highest BCUT2D eigenvalue weighted by Crippen LogP contribution is 2.28. The Balaban J connectivity index is 1.43. The molecule has 0 spiro atoms. The van der Waals surface area contributed by atoms with Gasteiger partial charge in [-0.3, -0.25) is 9.36 Å². The van der Waals surface area contributed by atoms with Crippen molar-refractivity contribution in [3.63, 3.8) is 0 Å². The molecule has 1 aromatic heterocycles. The molecule has 1 aromatic carbocycles. The van der Waals surface area contributed by atoms with Gasteiger partial charge >= 0.3 is 0 Å². The molecule has 1 amide bonds. The molecule has 162 valence electrons. The molecule has 1 atom stereocenters. The predicted molar refractivity (Wildman–Crippen MR) is 115 cm³/mol. The number of benzene rings is 1. The highest BCUT2D eigenvalue weighted by Gasteiger charge is 2.26. The van der Waals surface area contributed by atoms with Gasteiger partial charge in [0.2, 0.25) is 11.9 Å². The predicted octanol–water partition coefficient (Wildman–Crippen LogP) is 3.56. The fourth-order valence-electron chi connectivity index (χ4n) is 3.84. The van der Waals surface area contributed by atoms with Gasteiger partial charge in [0, 0.05) is 25.4 Å². The van der Waals surface area contributed by atoms with Gasteiger partial charge in [-0.25, -0.2) is 4.39 Å². The summed E-state index contributed by atoms with van der Waals surface area (Å²) in [4.78, 5) is 14.6. The molecule has 3 heterocycles. The number of amides is 1. The van der Waals surface area contributed by atoms with Crippen molar-refractivity contribution in [3.8, 4) is 0 Å². The number of piperidine rings is 1. The zero-order valence-electron chi connectivity index (χ0n) is 17.2. The molecule has 1 N–H and O–H groups in total. The minimum Gasteiger partial charge on any atom is -0.376 e. The molecule has 2 saturated heterocycles. The molecule has 2 fully saturated rings. The van der Waals surface area contributed by atoms with Crippen molar-refractivity contribution in [3.05, 3.63) is 30.1 Å². The smallest absolute Gasteiger partial charge is 0.234 e. The quantitative estimate of drug-likeness (QED) is 0.673. The number of halogens is 1. The van der Waals surface area contributed by atoms with E-state index in [0.717, 1.165) is 62.4 Å². The number of ether oxygens (including phenoxy) is 1. The molecule has 0 saturated carbocycles. The lowest BCUT2D eigenvalue weighted by molar-refractivity contribution is -0.113. The molecule has 2 aromatic rings. The Morgan fingerprint density at radius 3 is 2.70 bits per heavy atom. The standard InChI is InChI=1S/C21H28FN5O2S/c1-15-8-10-26(11-9-15)20-24-25-21(27(20)13-18-3-2-12-29-18)30-14-19(28)23-17-6-4-16(22)5-7-17/h4-7,15,18H,2-3,8-14H2,1H3,(H,23,28)/t18-/m0/s1. The molecule has 4 rings (SSSR count). The van der Waals surface area contributed by atoms with Gasteiger partial charge in [-0.1, -0.05) is 18.7 Å². The number of nitrogens with one attached hydrogen (secondary N) is 1. The van der Waals surface area contributed by atoms with Crippen molar-refractivity contribution in [1.82, 2.24) is 14.8 Å². The van der Waals surface area contributed by atoms with Gasteiger partial charge in [0.25, 0.3) is 0 Å². The van der Waals surface area contributed by atoms with Crippen molar-refractivity contribution in [2.24, 2.45) is 5.92 Å². The van der Waals surface area contributed by atoms with Crippen molar-refractivity contribution in [1.29, 1.82) is 0 Å². The number of rotatable bonds is 7. The summed E-state index contributed by atoms with van der Waals surface area (Å²) in [5.74, 6) is 1.33. The summed E-state index contributed by atoms with van der Waals surface area (Å²) in [6, 6.07) is 5.75. The maximum absolute atomic E-state index is 13.0. The van der Waals surface area contributed by atoms with E-state index >= 15 is 0 Å². The Morgan fingerprint density at radius 2 is 2.00 bits per heavy atom. The molecule has 0 aliphatic carbocycles. The van der Waals surface area contributed by atoms with Crippen LogP contribution < -0.4 is 10.2 Å². The van der Waals surface area contributed by atoms with E-state index in [0.29, 0.717) is 12.2 Å². The van der Waals surface area contributed by atoms with Crippen LogP contribution in [0.1, 0.15) is 32.6 Å². The van der Waals surface area contributed by atoms with Gasteiger partial charge in [0.15, 0.2) is 5.16 Å².